The number of hydrogen-bond donors (Lipinski definition) is 0. The van der Waals surface area contributed by atoms with Crippen molar-refractivity contribution < 1.29 is 9.53 Å². The van der Waals surface area contributed by atoms with E-state index in [1.807, 2.05) is 6.92 Å². The molecule has 2 heteroatoms. The fraction of sp³-hybridized carbons (Fsp3) is 0.625. The first-order valence-electron chi connectivity index (χ1n) is 3.45. The highest BCUT2D eigenvalue weighted by Gasteiger charge is 1.96. The van der Waals surface area contributed by atoms with Gasteiger partial charge in [-0.3, -0.25) is 0 Å². The maximum absolute atomic E-state index is 10.1. The Bertz CT molecular complexity index is 99.4. The number of carbonyl (C=O) groups excluding carboxylic acids is 1. The van der Waals surface area contributed by atoms with Gasteiger partial charge in [-0.25, -0.2) is 0 Å². The summed E-state index contributed by atoms with van der Waals surface area (Å²) in [6.07, 6.45) is 3.55. The third-order valence-corrected chi connectivity index (χ3v) is 1.08. The zero-order valence-corrected chi connectivity index (χ0v) is 6.38. The van der Waals surface area contributed by atoms with E-state index < -0.39 is 0 Å². The zero-order valence-electron chi connectivity index (χ0n) is 6.38. The molecule has 0 aliphatic carbocycles. The minimum atomic E-state index is 0.0183. The summed E-state index contributed by atoms with van der Waals surface area (Å²) in [5.74, 6) is 0.0183. The van der Waals surface area contributed by atoms with Crippen LogP contribution in [0, 0.1) is 5.92 Å². The smallest absolute Gasteiger partial charge is 0.125 e. The molecular weight excluding hydrogens is 128 g/mol. The maximum atomic E-state index is 10.1. The summed E-state index contributed by atoms with van der Waals surface area (Å²) in [5.41, 5.74) is 0. The van der Waals surface area contributed by atoms with Crippen LogP contribution in [0.15, 0.2) is 12.7 Å². The molecule has 0 aliphatic rings. The molecule has 1 unspecified atom stereocenters. The Hall–Kier alpha value is -0.630. The second kappa shape index (κ2) is 6.49. The van der Waals surface area contributed by atoms with Crippen molar-refractivity contribution in [2.45, 2.75) is 13.3 Å². The van der Waals surface area contributed by atoms with Crippen molar-refractivity contribution in [3.05, 3.63) is 12.7 Å². The van der Waals surface area contributed by atoms with Crippen LogP contribution >= 0.6 is 0 Å². The van der Waals surface area contributed by atoms with Crippen LogP contribution in [0.1, 0.15) is 13.3 Å². The Morgan fingerprint density at radius 2 is 2.40 bits per heavy atom. The summed E-state index contributed by atoms with van der Waals surface area (Å²) in [6.45, 7) is 6.58. The second-order valence-corrected chi connectivity index (χ2v) is 2.27. The Kier molecular flexibility index (Phi) is 6.08. The molecule has 0 rings (SSSR count). The van der Waals surface area contributed by atoms with Gasteiger partial charge in [0.2, 0.25) is 0 Å². The van der Waals surface area contributed by atoms with Crippen molar-refractivity contribution in [1.82, 2.24) is 0 Å². The highest BCUT2D eigenvalue weighted by atomic mass is 16.5. The first kappa shape index (κ1) is 9.37. The van der Waals surface area contributed by atoms with Crippen molar-refractivity contribution in [2.24, 2.45) is 5.92 Å². The molecule has 0 heterocycles. The molecule has 10 heavy (non-hydrogen) atoms. The lowest BCUT2D eigenvalue weighted by Crippen LogP contribution is -2.07. The molecule has 0 saturated heterocycles. The first-order valence-corrected chi connectivity index (χ1v) is 3.45. The SMILES string of the molecule is C=CCCOCC(C)C=O. The Morgan fingerprint density at radius 3 is 2.90 bits per heavy atom. The van der Waals surface area contributed by atoms with E-state index in [1.54, 1.807) is 6.08 Å². The first-order chi connectivity index (χ1) is 4.81. The van der Waals surface area contributed by atoms with E-state index in [-0.39, 0.29) is 5.92 Å². The summed E-state index contributed by atoms with van der Waals surface area (Å²) in [4.78, 5) is 10.1. The fourth-order valence-corrected chi connectivity index (χ4v) is 0.475. The lowest BCUT2D eigenvalue weighted by molar-refractivity contribution is -0.112. The van der Waals surface area contributed by atoms with E-state index in [1.165, 1.54) is 0 Å². The van der Waals surface area contributed by atoms with E-state index in [4.69, 9.17) is 4.74 Å². The molecule has 0 N–H and O–H groups in total. The lowest BCUT2D eigenvalue weighted by Gasteiger charge is -2.02. The topological polar surface area (TPSA) is 26.3 Å². The number of ether oxygens (including phenoxy) is 1. The molecule has 1 atom stereocenters. The molecule has 0 radical (unpaired) electrons. The van der Waals surface area contributed by atoms with Crippen LogP contribution < -0.4 is 0 Å². The average molecular weight is 142 g/mol. The Balaban J connectivity index is 3.02. The third kappa shape index (κ3) is 5.51. The summed E-state index contributed by atoms with van der Waals surface area (Å²) < 4.78 is 5.12. The van der Waals surface area contributed by atoms with Gasteiger partial charge in [-0.05, 0) is 6.42 Å². The average Bonchev–Trinajstić information content (AvgIpc) is 1.98. The Morgan fingerprint density at radius 1 is 1.70 bits per heavy atom. The molecule has 0 bridgehead atoms. The number of aldehydes is 1. The van der Waals surface area contributed by atoms with Crippen LogP contribution in [-0.2, 0) is 9.53 Å². The lowest BCUT2D eigenvalue weighted by atomic mass is 10.2. The number of hydrogen-bond acceptors (Lipinski definition) is 2. The number of rotatable bonds is 6. The zero-order chi connectivity index (χ0) is 7.82. The normalized spacial score (nSPS) is 12.5. The van der Waals surface area contributed by atoms with Crippen molar-refractivity contribution in [3.63, 3.8) is 0 Å². The molecule has 0 saturated carbocycles. The van der Waals surface area contributed by atoms with Crippen LogP contribution in [0.4, 0.5) is 0 Å². The summed E-state index contributed by atoms with van der Waals surface area (Å²) in [7, 11) is 0. The van der Waals surface area contributed by atoms with Crippen LogP contribution in [0.2, 0.25) is 0 Å². The van der Waals surface area contributed by atoms with Crippen LogP contribution in [0.5, 0.6) is 0 Å². The fourth-order valence-electron chi connectivity index (χ4n) is 0.475. The predicted octanol–water partition coefficient (Wildman–Crippen LogP) is 1.41. The third-order valence-electron chi connectivity index (χ3n) is 1.08. The van der Waals surface area contributed by atoms with Gasteiger partial charge in [0, 0.05) is 5.92 Å². The summed E-state index contributed by atoms with van der Waals surface area (Å²) in [6, 6.07) is 0. The molecule has 0 fully saturated rings. The quantitative estimate of drug-likeness (QED) is 0.318. The van der Waals surface area contributed by atoms with E-state index in [2.05, 4.69) is 6.58 Å². The number of carbonyl (C=O) groups is 1. The van der Waals surface area contributed by atoms with Crippen LogP contribution in [0.25, 0.3) is 0 Å². The van der Waals surface area contributed by atoms with Crippen molar-refractivity contribution in [2.75, 3.05) is 13.2 Å². The molecule has 0 amide bonds. The molecular formula is C8H14O2. The molecule has 0 aromatic rings. The van der Waals surface area contributed by atoms with Gasteiger partial charge in [0.1, 0.15) is 6.29 Å². The monoisotopic (exact) mass is 142 g/mol. The highest BCUT2D eigenvalue weighted by molar-refractivity contribution is 5.52. The van der Waals surface area contributed by atoms with Crippen molar-refractivity contribution in [3.8, 4) is 0 Å². The minimum Gasteiger partial charge on any atom is -0.380 e. The Labute approximate surface area is 61.9 Å². The van der Waals surface area contributed by atoms with Gasteiger partial charge in [-0.2, -0.15) is 0 Å². The van der Waals surface area contributed by atoms with E-state index in [0.29, 0.717) is 13.2 Å². The molecule has 2 nitrogen and oxygen atoms in total. The van der Waals surface area contributed by atoms with E-state index in [9.17, 15) is 4.79 Å². The van der Waals surface area contributed by atoms with Crippen LogP contribution in [0.3, 0.4) is 0 Å². The van der Waals surface area contributed by atoms with Gasteiger partial charge in [-0.1, -0.05) is 13.0 Å². The molecule has 0 aromatic heterocycles. The van der Waals surface area contributed by atoms with Gasteiger partial charge < -0.3 is 9.53 Å². The molecule has 0 spiro atoms. The largest absolute Gasteiger partial charge is 0.380 e. The van der Waals surface area contributed by atoms with Gasteiger partial charge in [-0.15, -0.1) is 6.58 Å². The summed E-state index contributed by atoms with van der Waals surface area (Å²) in [5, 5.41) is 0. The van der Waals surface area contributed by atoms with Crippen molar-refractivity contribution in [1.29, 1.82) is 0 Å². The van der Waals surface area contributed by atoms with Gasteiger partial charge in [0.15, 0.2) is 0 Å². The maximum Gasteiger partial charge on any atom is 0.125 e. The van der Waals surface area contributed by atoms with Crippen molar-refractivity contribution >= 4 is 6.29 Å². The van der Waals surface area contributed by atoms with Gasteiger partial charge in [0.05, 0.1) is 13.2 Å². The predicted molar refractivity (Wildman–Crippen MR) is 40.9 cm³/mol. The van der Waals surface area contributed by atoms with E-state index >= 15 is 0 Å². The van der Waals surface area contributed by atoms with Crippen LogP contribution in [-0.4, -0.2) is 19.5 Å². The molecule has 0 aliphatic heterocycles. The van der Waals surface area contributed by atoms with E-state index in [0.717, 1.165) is 12.7 Å². The molecule has 0 aromatic carbocycles. The minimum absolute atomic E-state index is 0.0183. The summed E-state index contributed by atoms with van der Waals surface area (Å²) >= 11 is 0. The second-order valence-electron chi connectivity index (χ2n) is 2.27. The standard InChI is InChI=1S/C8H14O2/c1-3-4-5-10-7-8(2)6-9/h3,6,8H,1,4-5,7H2,2H3. The highest BCUT2D eigenvalue weighted by Crippen LogP contribution is 1.91. The van der Waals surface area contributed by atoms with Gasteiger partial charge in [0.25, 0.3) is 0 Å². The van der Waals surface area contributed by atoms with Gasteiger partial charge >= 0.3 is 0 Å². The molecule has 58 valence electrons.